The number of carbonyl (C=O) groups is 1. The molecule has 5 N–H and O–H groups in total. The number of guanidine groups is 1. The topological polar surface area (TPSA) is 132 Å². The highest BCUT2D eigenvalue weighted by Crippen LogP contribution is 2.29. The largest absolute Gasteiger partial charge is 0.320 e. The van der Waals surface area contributed by atoms with Gasteiger partial charge in [0.25, 0.3) is 11.5 Å². The normalized spacial score (nSPS) is 11.3. The van der Waals surface area contributed by atoms with Crippen molar-refractivity contribution in [3.63, 3.8) is 0 Å². The Morgan fingerprint density at radius 1 is 1.46 bits per heavy atom. The molecule has 0 saturated carbocycles. The number of carbonyl (C=O) groups excluding carboxylic acids is 1. The number of hydrazine groups is 1. The smallest absolute Gasteiger partial charge is 0.280 e. The van der Waals surface area contributed by atoms with Gasteiger partial charge in [-0.2, -0.15) is 5.10 Å². The standard InChI is InChI=1S/C15H18ClN7O2S/c1-22(18)15(20-17)19-13(24)12-11(16)10(14(25)23(2)21-12)8-5-4-6-9(7-8)26-3/h4-7H,17-18H2,1-3H3,(H,19,20,24). The fraction of sp³-hybridized carbons (Fsp3) is 0.200. The third-order valence-electron chi connectivity index (χ3n) is 3.44. The molecular formula is C15H18ClN7O2S. The summed E-state index contributed by atoms with van der Waals surface area (Å²) in [5.74, 6) is 9.91. The lowest BCUT2D eigenvalue weighted by Gasteiger charge is -2.16. The average Bonchev–Trinajstić information content (AvgIpc) is 2.62. The molecule has 26 heavy (non-hydrogen) atoms. The van der Waals surface area contributed by atoms with E-state index < -0.39 is 11.5 Å². The van der Waals surface area contributed by atoms with Crippen LogP contribution in [0.2, 0.25) is 5.02 Å². The van der Waals surface area contributed by atoms with E-state index in [4.69, 9.17) is 23.3 Å². The van der Waals surface area contributed by atoms with Crippen LogP contribution in [0, 0.1) is 0 Å². The first kappa shape index (κ1) is 19.8. The molecule has 11 heteroatoms. The van der Waals surface area contributed by atoms with Crippen LogP contribution in [0.25, 0.3) is 11.1 Å². The van der Waals surface area contributed by atoms with Gasteiger partial charge < -0.3 is 5.84 Å². The molecule has 0 unspecified atom stereocenters. The maximum absolute atomic E-state index is 12.6. The molecule has 0 fully saturated rings. The number of benzene rings is 1. The fourth-order valence-electron chi connectivity index (χ4n) is 2.16. The molecule has 0 radical (unpaired) electrons. The van der Waals surface area contributed by atoms with Crippen molar-refractivity contribution in [2.45, 2.75) is 4.90 Å². The van der Waals surface area contributed by atoms with Gasteiger partial charge in [-0.05, 0) is 24.0 Å². The van der Waals surface area contributed by atoms with Crippen molar-refractivity contribution in [1.29, 1.82) is 0 Å². The van der Waals surface area contributed by atoms with Gasteiger partial charge in [-0.15, -0.1) is 16.9 Å². The van der Waals surface area contributed by atoms with Crippen molar-refractivity contribution < 1.29 is 4.79 Å². The number of halogens is 1. The quantitative estimate of drug-likeness (QED) is 0.228. The zero-order valence-corrected chi connectivity index (χ0v) is 15.9. The number of aromatic nitrogens is 2. The van der Waals surface area contributed by atoms with E-state index >= 15 is 0 Å². The summed E-state index contributed by atoms with van der Waals surface area (Å²) in [5, 5.41) is 10.7. The first-order valence-corrected chi connectivity index (χ1v) is 8.89. The number of rotatable bonds is 3. The summed E-state index contributed by atoms with van der Waals surface area (Å²) in [7, 11) is 2.88. The van der Waals surface area contributed by atoms with Crippen LogP contribution in [0.3, 0.4) is 0 Å². The molecule has 138 valence electrons. The van der Waals surface area contributed by atoms with Crippen molar-refractivity contribution in [2.24, 2.45) is 23.8 Å². The van der Waals surface area contributed by atoms with E-state index in [0.717, 1.165) is 14.6 Å². The Bertz CT molecular complexity index is 927. The van der Waals surface area contributed by atoms with Crippen LogP contribution in [-0.4, -0.2) is 40.0 Å². The van der Waals surface area contributed by atoms with Crippen LogP contribution >= 0.6 is 23.4 Å². The van der Waals surface area contributed by atoms with Crippen LogP contribution < -0.4 is 22.6 Å². The summed E-state index contributed by atoms with van der Waals surface area (Å²) in [6.45, 7) is 0. The molecule has 0 aliphatic carbocycles. The number of nitrogens with one attached hydrogen (secondary N) is 1. The van der Waals surface area contributed by atoms with Gasteiger partial charge in [-0.25, -0.2) is 10.5 Å². The molecule has 0 atom stereocenters. The molecule has 0 aliphatic heterocycles. The lowest BCUT2D eigenvalue weighted by molar-refractivity contribution is 0.0965. The molecule has 1 heterocycles. The summed E-state index contributed by atoms with van der Waals surface area (Å²) in [5.41, 5.74) is 0.190. The number of thioether (sulfide) groups is 1. The second-order valence-corrected chi connectivity index (χ2v) is 6.47. The van der Waals surface area contributed by atoms with Crippen molar-refractivity contribution in [2.75, 3.05) is 13.3 Å². The summed E-state index contributed by atoms with van der Waals surface area (Å²) >= 11 is 7.88. The lowest BCUT2D eigenvalue weighted by atomic mass is 10.1. The molecule has 1 amide bonds. The maximum atomic E-state index is 12.6. The van der Waals surface area contributed by atoms with Gasteiger partial charge in [-0.3, -0.25) is 19.9 Å². The van der Waals surface area contributed by atoms with Gasteiger partial charge >= 0.3 is 0 Å². The monoisotopic (exact) mass is 395 g/mol. The number of aryl methyl sites for hydroxylation is 1. The van der Waals surface area contributed by atoms with Crippen molar-refractivity contribution in [1.82, 2.24) is 20.1 Å². The molecule has 2 aromatic rings. The maximum Gasteiger partial charge on any atom is 0.280 e. The number of hydrogen-bond acceptors (Lipinski definition) is 7. The van der Waals surface area contributed by atoms with Gasteiger partial charge in [0.15, 0.2) is 5.69 Å². The molecule has 0 spiro atoms. The van der Waals surface area contributed by atoms with E-state index in [2.05, 4.69) is 15.5 Å². The zero-order chi connectivity index (χ0) is 19.4. The Balaban J connectivity index is 2.59. The van der Waals surface area contributed by atoms with Crippen LogP contribution in [0.4, 0.5) is 0 Å². The number of nitrogens with zero attached hydrogens (tertiary/aromatic N) is 4. The predicted molar refractivity (Wildman–Crippen MR) is 103 cm³/mol. The van der Waals surface area contributed by atoms with Crippen LogP contribution in [0.1, 0.15) is 10.5 Å². The summed E-state index contributed by atoms with van der Waals surface area (Å²) in [6.07, 6.45) is 1.92. The lowest BCUT2D eigenvalue weighted by Crippen LogP contribution is -2.46. The predicted octanol–water partition coefficient (Wildman–Crippen LogP) is 0.588. The highest BCUT2D eigenvalue weighted by Gasteiger charge is 2.23. The van der Waals surface area contributed by atoms with Gasteiger partial charge in [0.05, 0.1) is 10.6 Å². The minimum Gasteiger partial charge on any atom is -0.320 e. The Morgan fingerprint density at radius 2 is 2.15 bits per heavy atom. The SMILES string of the molecule is CSc1cccc(-c2c(Cl)c(C(=O)N/C(=N/N)N(C)N)nn(C)c2=O)c1. The van der Waals surface area contributed by atoms with E-state index in [1.54, 1.807) is 12.1 Å². The van der Waals surface area contributed by atoms with E-state index in [1.807, 2.05) is 18.4 Å². The number of hydrazone groups is 1. The Kier molecular flexibility index (Phi) is 6.24. The molecule has 0 aliphatic rings. The van der Waals surface area contributed by atoms with Gasteiger partial charge in [0.2, 0.25) is 5.96 Å². The Hall–Kier alpha value is -2.56. The highest BCUT2D eigenvalue weighted by molar-refractivity contribution is 7.98. The van der Waals surface area contributed by atoms with Gasteiger partial charge in [0.1, 0.15) is 0 Å². The average molecular weight is 396 g/mol. The van der Waals surface area contributed by atoms with E-state index in [0.29, 0.717) is 5.56 Å². The Morgan fingerprint density at radius 3 is 2.73 bits per heavy atom. The minimum atomic E-state index is -0.700. The molecule has 2 rings (SSSR count). The van der Waals surface area contributed by atoms with Gasteiger partial charge in [0, 0.05) is 19.0 Å². The first-order chi connectivity index (χ1) is 12.3. The Labute approximate surface area is 159 Å². The first-order valence-electron chi connectivity index (χ1n) is 7.29. The van der Waals surface area contributed by atoms with Crippen molar-refractivity contribution in [3.05, 3.63) is 45.3 Å². The third kappa shape index (κ3) is 3.98. The summed E-state index contributed by atoms with van der Waals surface area (Å²) in [6, 6.07) is 7.27. The van der Waals surface area contributed by atoms with Crippen molar-refractivity contribution >= 4 is 35.2 Å². The summed E-state index contributed by atoms with van der Waals surface area (Å²) < 4.78 is 1.05. The van der Waals surface area contributed by atoms with E-state index in [-0.39, 0.29) is 22.2 Å². The minimum absolute atomic E-state index is 0.0695. The number of amides is 1. The number of hydrogen-bond donors (Lipinski definition) is 3. The molecule has 1 aromatic carbocycles. The molecule has 1 aromatic heterocycles. The van der Waals surface area contributed by atoms with E-state index in [1.165, 1.54) is 25.9 Å². The number of nitrogens with two attached hydrogens (primary N) is 2. The van der Waals surface area contributed by atoms with Crippen LogP contribution in [-0.2, 0) is 7.05 Å². The summed E-state index contributed by atoms with van der Waals surface area (Å²) in [4.78, 5) is 26.0. The molecular weight excluding hydrogens is 378 g/mol. The molecule has 9 nitrogen and oxygen atoms in total. The van der Waals surface area contributed by atoms with Crippen molar-refractivity contribution in [3.8, 4) is 11.1 Å². The van der Waals surface area contributed by atoms with E-state index in [9.17, 15) is 9.59 Å². The molecule has 0 bridgehead atoms. The van der Waals surface area contributed by atoms with Crippen LogP contribution in [0.15, 0.2) is 39.1 Å². The zero-order valence-electron chi connectivity index (χ0n) is 14.4. The highest BCUT2D eigenvalue weighted by atomic mass is 35.5. The third-order valence-corrected chi connectivity index (χ3v) is 4.53. The van der Waals surface area contributed by atoms with Crippen LogP contribution in [0.5, 0.6) is 0 Å². The second-order valence-electron chi connectivity index (χ2n) is 5.22. The second kappa shape index (κ2) is 8.21. The van der Waals surface area contributed by atoms with Gasteiger partial charge in [-0.1, -0.05) is 23.7 Å². The molecule has 0 saturated heterocycles. The fourth-order valence-corrected chi connectivity index (χ4v) is 2.93.